The number of carbonyl (C=O) groups is 1. The van der Waals surface area contributed by atoms with Crippen molar-refractivity contribution in [1.29, 1.82) is 0 Å². The topological polar surface area (TPSA) is 66.8 Å². The third-order valence-corrected chi connectivity index (χ3v) is 4.61. The van der Waals surface area contributed by atoms with Gasteiger partial charge < -0.3 is 14.9 Å². The molecule has 2 aromatic carbocycles. The molecule has 0 saturated heterocycles. The molecule has 0 unspecified atom stereocenters. The smallest absolute Gasteiger partial charge is 0.330 e. The Morgan fingerprint density at radius 1 is 0.963 bits per heavy atom. The molecule has 0 aliphatic carbocycles. The highest BCUT2D eigenvalue weighted by atomic mass is 16.5. The van der Waals surface area contributed by atoms with Gasteiger partial charge in [-0.1, -0.05) is 41.5 Å². The molecule has 2 N–H and O–H groups in total. The van der Waals surface area contributed by atoms with E-state index in [2.05, 4.69) is 0 Å². The van der Waals surface area contributed by atoms with Crippen molar-refractivity contribution in [2.45, 2.75) is 47.0 Å². The van der Waals surface area contributed by atoms with Crippen LogP contribution in [0.4, 0.5) is 0 Å². The fourth-order valence-corrected chi connectivity index (χ4v) is 3.43. The van der Waals surface area contributed by atoms with Crippen LogP contribution in [0.15, 0.2) is 36.4 Å². The minimum atomic E-state index is -0.398. The molecule has 27 heavy (non-hydrogen) atoms. The Bertz CT molecular complexity index is 808. The van der Waals surface area contributed by atoms with Gasteiger partial charge in [0.05, 0.1) is 6.61 Å². The largest absolute Gasteiger partial charge is 0.507 e. The summed E-state index contributed by atoms with van der Waals surface area (Å²) in [4.78, 5) is 11.6. The van der Waals surface area contributed by atoms with E-state index in [0.717, 1.165) is 33.4 Å². The van der Waals surface area contributed by atoms with Crippen molar-refractivity contribution < 1.29 is 19.7 Å². The van der Waals surface area contributed by atoms with E-state index in [9.17, 15) is 15.0 Å². The van der Waals surface area contributed by atoms with Gasteiger partial charge in [0.2, 0.25) is 0 Å². The molecule has 144 valence electrons. The number of aromatic hydroxyl groups is 2. The molecule has 0 heterocycles. The molecule has 2 rings (SSSR count). The molecule has 0 spiro atoms. The van der Waals surface area contributed by atoms with Crippen molar-refractivity contribution in [3.8, 4) is 11.5 Å². The normalized spacial score (nSPS) is 11.3. The van der Waals surface area contributed by atoms with Crippen LogP contribution < -0.4 is 0 Å². The number of phenolic OH excluding ortho intramolecular Hbond substituents is 2. The summed E-state index contributed by atoms with van der Waals surface area (Å²) in [7, 11) is 0. The molecule has 0 aromatic heterocycles. The first-order valence-corrected chi connectivity index (χ1v) is 9.18. The van der Waals surface area contributed by atoms with E-state index in [1.165, 1.54) is 6.08 Å². The predicted molar refractivity (Wildman–Crippen MR) is 107 cm³/mol. The van der Waals surface area contributed by atoms with Crippen LogP contribution in [0.3, 0.4) is 0 Å². The highest BCUT2D eigenvalue weighted by Gasteiger charge is 2.22. The average Bonchev–Trinajstić information content (AvgIpc) is 2.59. The van der Waals surface area contributed by atoms with E-state index in [-0.39, 0.29) is 17.4 Å². The van der Waals surface area contributed by atoms with Gasteiger partial charge in [-0.15, -0.1) is 0 Å². The van der Waals surface area contributed by atoms with Crippen LogP contribution in [0.25, 0.3) is 0 Å². The number of aryl methyl sites for hydroxylation is 4. The molecule has 0 amide bonds. The molecular weight excluding hydrogens is 340 g/mol. The van der Waals surface area contributed by atoms with E-state index in [1.54, 1.807) is 13.0 Å². The third-order valence-electron chi connectivity index (χ3n) is 4.61. The minimum Gasteiger partial charge on any atom is -0.507 e. The van der Waals surface area contributed by atoms with Crippen LogP contribution in [0, 0.1) is 27.7 Å². The van der Waals surface area contributed by atoms with Crippen molar-refractivity contribution in [3.05, 3.63) is 69.8 Å². The van der Waals surface area contributed by atoms with E-state index in [0.29, 0.717) is 13.0 Å². The summed E-state index contributed by atoms with van der Waals surface area (Å²) in [6.45, 7) is 9.75. The van der Waals surface area contributed by atoms with Gasteiger partial charge in [-0.25, -0.2) is 4.79 Å². The van der Waals surface area contributed by atoms with Crippen LogP contribution in [0.5, 0.6) is 11.5 Å². The Balaban J connectivity index is 2.55. The minimum absolute atomic E-state index is 0.216. The molecule has 0 atom stereocenters. The number of esters is 1. The third kappa shape index (κ3) is 4.91. The maximum absolute atomic E-state index is 11.6. The molecule has 0 saturated carbocycles. The number of allylic oxidation sites excluding steroid dienone is 1. The lowest BCUT2D eigenvalue weighted by Gasteiger charge is -2.22. The van der Waals surface area contributed by atoms with Crippen LogP contribution in [-0.2, 0) is 9.53 Å². The summed E-state index contributed by atoms with van der Waals surface area (Å²) < 4.78 is 4.93. The Kier molecular flexibility index (Phi) is 6.67. The molecular formula is C23H28O4. The summed E-state index contributed by atoms with van der Waals surface area (Å²) in [6.07, 6.45) is 3.58. The Morgan fingerprint density at radius 2 is 1.44 bits per heavy atom. The van der Waals surface area contributed by atoms with E-state index in [1.807, 2.05) is 52.0 Å². The van der Waals surface area contributed by atoms with Gasteiger partial charge in [0.15, 0.2) is 0 Å². The first-order valence-electron chi connectivity index (χ1n) is 9.18. The Labute approximate surface area is 161 Å². The van der Waals surface area contributed by atoms with E-state index >= 15 is 0 Å². The SMILES string of the molecule is CCOC(=O)C=CCC(c1cc(C)cc(C)c1O)c1cc(C)cc(C)c1O. The second-order valence-electron chi connectivity index (χ2n) is 6.98. The van der Waals surface area contributed by atoms with Crippen LogP contribution >= 0.6 is 0 Å². The highest BCUT2D eigenvalue weighted by Crippen LogP contribution is 2.41. The zero-order valence-corrected chi connectivity index (χ0v) is 16.7. The second kappa shape index (κ2) is 8.76. The first kappa shape index (κ1) is 20.6. The summed E-state index contributed by atoms with van der Waals surface area (Å²) in [5, 5.41) is 21.4. The van der Waals surface area contributed by atoms with Crippen molar-refractivity contribution >= 4 is 5.97 Å². The fourth-order valence-electron chi connectivity index (χ4n) is 3.43. The van der Waals surface area contributed by atoms with Gasteiger partial charge in [-0.3, -0.25) is 0 Å². The molecule has 0 aliphatic heterocycles. The zero-order chi connectivity index (χ0) is 20.1. The van der Waals surface area contributed by atoms with E-state index < -0.39 is 5.97 Å². The van der Waals surface area contributed by atoms with E-state index in [4.69, 9.17) is 4.74 Å². The number of phenols is 2. The Morgan fingerprint density at radius 3 is 1.89 bits per heavy atom. The van der Waals surface area contributed by atoms with Gasteiger partial charge >= 0.3 is 5.97 Å². The lowest BCUT2D eigenvalue weighted by molar-refractivity contribution is -0.137. The lowest BCUT2D eigenvalue weighted by Crippen LogP contribution is -2.05. The van der Waals surface area contributed by atoms with Gasteiger partial charge in [0.25, 0.3) is 0 Å². The Hall–Kier alpha value is -2.75. The van der Waals surface area contributed by atoms with Crippen molar-refractivity contribution in [2.75, 3.05) is 6.61 Å². The van der Waals surface area contributed by atoms with Crippen molar-refractivity contribution in [3.63, 3.8) is 0 Å². The van der Waals surface area contributed by atoms with Crippen LogP contribution in [0.2, 0.25) is 0 Å². The molecule has 0 aliphatic rings. The van der Waals surface area contributed by atoms with Crippen molar-refractivity contribution in [1.82, 2.24) is 0 Å². The number of benzene rings is 2. The molecule has 0 radical (unpaired) electrons. The predicted octanol–water partition coefficient (Wildman–Crippen LogP) is 4.97. The van der Waals surface area contributed by atoms with Gasteiger partial charge in [0.1, 0.15) is 11.5 Å². The molecule has 4 nitrogen and oxygen atoms in total. The number of hydrogen-bond donors (Lipinski definition) is 2. The molecule has 0 fully saturated rings. The van der Waals surface area contributed by atoms with Gasteiger partial charge in [-0.05, 0) is 52.2 Å². The fraction of sp³-hybridized carbons (Fsp3) is 0.348. The summed E-state index contributed by atoms with van der Waals surface area (Å²) >= 11 is 0. The first-order chi connectivity index (χ1) is 12.7. The average molecular weight is 368 g/mol. The van der Waals surface area contributed by atoms with Gasteiger partial charge in [-0.2, -0.15) is 0 Å². The lowest BCUT2D eigenvalue weighted by atomic mass is 9.84. The summed E-state index contributed by atoms with van der Waals surface area (Å²) in [5.41, 5.74) is 5.11. The second-order valence-corrected chi connectivity index (χ2v) is 6.98. The molecule has 0 bridgehead atoms. The maximum Gasteiger partial charge on any atom is 0.330 e. The summed E-state index contributed by atoms with van der Waals surface area (Å²) in [6, 6.07) is 7.71. The highest BCUT2D eigenvalue weighted by molar-refractivity contribution is 5.81. The standard InChI is InChI=1S/C23H28O4/c1-6-27-21(24)9-7-8-18(19-12-14(2)10-16(4)22(19)25)20-13-15(3)11-17(5)23(20)26/h7,9-13,18,25-26H,6,8H2,1-5H3. The molecule has 2 aromatic rings. The maximum atomic E-state index is 11.6. The number of rotatable bonds is 6. The number of carbonyl (C=O) groups excluding carboxylic acids is 1. The van der Waals surface area contributed by atoms with Crippen molar-refractivity contribution in [2.24, 2.45) is 0 Å². The quantitative estimate of drug-likeness (QED) is 0.558. The number of hydrogen-bond acceptors (Lipinski definition) is 4. The van der Waals surface area contributed by atoms with Gasteiger partial charge in [0, 0.05) is 23.1 Å². The number of ether oxygens (including phenoxy) is 1. The monoisotopic (exact) mass is 368 g/mol. The summed E-state index contributed by atoms with van der Waals surface area (Å²) in [5.74, 6) is -0.249. The zero-order valence-electron chi connectivity index (χ0n) is 16.7. The van der Waals surface area contributed by atoms with Crippen LogP contribution in [0.1, 0.15) is 52.6 Å². The van der Waals surface area contributed by atoms with Crippen LogP contribution in [-0.4, -0.2) is 22.8 Å². The molecule has 4 heteroatoms.